The predicted octanol–water partition coefficient (Wildman–Crippen LogP) is 4.47. The normalized spacial score (nSPS) is 10.2. The minimum atomic E-state index is -0.367. The van der Waals surface area contributed by atoms with E-state index in [0.717, 1.165) is 10.0 Å². The van der Waals surface area contributed by atoms with Gasteiger partial charge < -0.3 is 9.47 Å². The van der Waals surface area contributed by atoms with Crippen molar-refractivity contribution in [2.75, 3.05) is 7.11 Å². The highest BCUT2D eigenvalue weighted by molar-refractivity contribution is 9.10. The van der Waals surface area contributed by atoms with Gasteiger partial charge in [-0.3, -0.25) is 0 Å². The van der Waals surface area contributed by atoms with Gasteiger partial charge in [-0.2, -0.15) is 0 Å². The molecule has 0 aliphatic rings. The van der Waals surface area contributed by atoms with E-state index >= 15 is 0 Å². The Kier molecular flexibility index (Phi) is 5.04. The van der Waals surface area contributed by atoms with Gasteiger partial charge in [-0.1, -0.05) is 39.7 Å². The maximum absolute atomic E-state index is 11.4. The van der Waals surface area contributed by atoms with Gasteiger partial charge in [0.05, 0.1) is 17.7 Å². The molecule has 0 fully saturated rings. The molecule has 104 valence electrons. The predicted molar refractivity (Wildman–Crippen MR) is 81.3 cm³/mol. The summed E-state index contributed by atoms with van der Waals surface area (Å²) in [5.41, 5.74) is 1.36. The van der Waals surface area contributed by atoms with Crippen LogP contribution < -0.4 is 4.74 Å². The average Bonchev–Trinajstić information content (AvgIpc) is 2.46. The van der Waals surface area contributed by atoms with Crippen LogP contribution in [0, 0.1) is 0 Å². The molecule has 0 aromatic heterocycles. The minimum Gasteiger partial charge on any atom is -0.487 e. The van der Waals surface area contributed by atoms with Crippen LogP contribution >= 0.6 is 27.5 Å². The molecule has 5 heteroatoms. The van der Waals surface area contributed by atoms with E-state index in [1.807, 2.05) is 12.1 Å². The fourth-order valence-corrected chi connectivity index (χ4v) is 2.39. The van der Waals surface area contributed by atoms with E-state index in [9.17, 15) is 4.79 Å². The largest absolute Gasteiger partial charge is 0.487 e. The number of rotatable bonds is 4. The third-order valence-electron chi connectivity index (χ3n) is 2.64. The number of hydrogen-bond donors (Lipinski definition) is 0. The van der Waals surface area contributed by atoms with Gasteiger partial charge in [0.25, 0.3) is 0 Å². The fourth-order valence-electron chi connectivity index (χ4n) is 1.66. The molecule has 0 radical (unpaired) electrons. The van der Waals surface area contributed by atoms with Crippen LogP contribution in [0.3, 0.4) is 0 Å². The molecule has 0 aliphatic heterocycles. The van der Waals surface area contributed by atoms with E-state index in [0.29, 0.717) is 22.9 Å². The molecule has 0 N–H and O–H groups in total. The van der Waals surface area contributed by atoms with Gasteiger partial charge in [0.15, 0.2) is 0 Å². The molecule has 0 spiro atoms. The number of ether oxygens (including phenoxy) is 2. The maximum Gasteiger partial charge on any atom is 0.337 e. The summed E-state index contributed by atoms with van der Waals surface area (Å²) in [4.78, 5) is 11.4. The Balaban J connectivity index is 2.09. The second-order valence-electron chi connectivity index (χ2n) is 4.06. The van der Waals surface area contributed by atoms with E-state index in [4.69, 9.17) is 16.3 Å². The fraction of sp³-hybridized carbons (Fsp3) is 0.133. The molecule has 0 bridgehead atoms. The van der Waals surface area contributed by atoms with Crippen LogP contribution in [0.15, 0.2) is 46.9 Å². The number of esters is 1. The van der Waals surface area contributed by atoms with Crippen LogP contribution in [-0.4, -0.2) is 13.1 Å². The molecular formula is C15H12BrClO3. The van der Waals surface area contributed by atoms with Crippen molar-refractivity contribution in [3.63, 3.8) is 0 Å². The van der Waals surface area contributed by atoms with E-state index in [-0.39, 0.29) is 5.97 Å². The second kappa shape index (κ2) is 6.77. The van der Waals surface area contributed by atoms with Gasteiger partial charge in [-0.05, 0) is 35.9 Å². The first-order chi connectivity index (χ1) is 9.60. The zero-order valence-corrected chi connectivity index (χ0v) is 13.1. The molecule has 0 saturated heterocycles. The molecule has 2 aromatic carbocycles. The molecule has 0 unspecified atom stereocenters. The molecular weight excluding hydrogens is 344 g/mol. The van der Waals surface area contributed by atoms with E-state index < -0.39 is 0 Å². The Bertz CT molecular complexity index is 628. The molecule has 20 heavy (non-hydrogen) atoms. The van der Waals surface area contributed by atoms with Crippen LogP contribution in [0.4, 0.5) is 0 Å². The minimum absolute atomic E-state index is 0.326. The van der Waals surface area contributed by atoms with Crippen LogP contribution in [-0.2, 0) is 11.3 Å². The van der Waals surface area contributed by atoms with E-state index in [1.165, 1.54) is 7.11 Å². The topological polar surface area (TPSA) is 35.5 Å². The highest BCUT2D eigenvalue weighted by Crippen LogP contribution is 2.28. The van der Waals surface area contributed by atoms with Gasteiger partial charge in [0.1, 0.15) is 12.4 Å². The van der Waals surface area contributed by atoms with E-state index in [1.54, 1.807) is 30.3 Å². The van der Waals surface area contributed by atoms with Gasteiger partial charge in [0, 0.05) is 4.47 Å². The SMILES string of the molecule is COC(=O)c1cccc(COc2ccc(Br)cc2Cl)c1. The lowest BCUT2D eigenvalue weighted by atomic mass is 10.1. The summed E-state index contributed by atoms with van der Waals surface area (Å²) >= 11 is 9.41. The molecule has 2 aromatic rings. The summed E-state index contributed by atoms with van der Waals surface area (Å²) in [7, 11) is 1.35. The van der Waals surface area contributed by atoms with Crippen molar-refractivity contribution in [2.24, 2.45) is 0 Å². The summed E-state index contributed by atoms with van der Waals surface area (Å²) in [5, 5.41) is 0.531. The highest BCUT2D eigenvalue weighted by Gasteiger charge is 2.07. The monoisotopic (exact) mass is 354 g/mol. The molecule has 0 amide bonds. The van der Waals surface area contributed by atoms with Gasteiger partial charge in [-0.15, -0.1) is 0 Å². The number of carbonyl (C=O) groups is 1. The van der Waals surface area contributed by atoms with Crippen molar-refractivity contribution >= 4 is 33.5 Å². The number of hydrogen-bond acceptors (Lipinski definition) is 3. The Morgan fingerprint density at radius 1 is 1.25 bits per heavy atom. The highest BCUT2D eigenvalue weighted by atomic mass is 79.9. The molecule has 0 atom stereocenters. The Hall–Kier alpha value is -1.52. The number of halogens is 2. The van der Waals surface area contributed by atoms with Crippen LogP contribution in [0.5, 0.6) is 5.75 Å². The van der Waals surface area contributed by atoms with Crippen molar-refractivity contribution < 1.29 is 14.3 Å². The maximum atomic E-state index is 11.4. The third kappa shape index (κ3) is 3.74. The Morgan fingerprint density at radius 3 is 2.75 bits per heavy atom. The standard InChI is InChI=1S/C15H12BrClO3/c1-19-15(18)11-4-2-3-10(7-11)9-20-14-6-5-12(16)8-13(14)17/h2-8H,9H2,1H3. The number of benzene rings is 2. The van der Waals surface area contributed by atoms with Crippen LogP contribution in [0.1, 0.15) is 15.9 Å². The second-order valence-corrected chi connectivity index (χ2v) is 5.38. The van der Waals surface area contributed by atoms with Crippen molar-refractivity contribution in [2.45, 2.75) is 6.61 Å². The number of methoxy groups -OCH3 is 1. The van der Waals surface area contributed by atoms with Gasteiger partial charge in [0.2, 0.25) is 0 Å². The zero-order chi connectivity index (χ0) is 14.5. The summed E-state index contributed by atoms with van der Waals surface area (Å²) < 4.78 is 11.2. The van der Waals surface area contributed by atoms with Crippen molar-refractivity contribution in [1.29, 1.82) is 0 Å². The first-order valence-electron chi connectivity index (χ1n) is 5.85. The third-order valence-corrected chi connectivity index (χ3v) is 3.42. The lowest BCUT2D eigenvalue weighted by Gasteiger charge is -2.09. The van der Waals surface area contributed by atoms with Gasteiger partial charge >= 0.3 is 5.97 Å². The molecule has 0 heterocycles. The lowest BCUT2D eigenvalue weighted by molar-refractivity contribution is 0.0600. The average molecular weight is 356 g/mol. The summed E-state index contributed by atoms with van der Waals surface area (Å²) in [6.07, 6.45) is 0. The van der Waals surface area contributed by atoms with E-state index in [2.05, 4.69) is 20.7 Å². The summed E-state index contributed by atoms with van der Waals surface area (Å²) in [6.45, 7) is 0.326. The van der Waals surface area contributed by atoms with Crippen molar-refractivity contribution in [1.82, 2.24) is 0 Å². The smallest absolute Gasteiger partial charge is 0.337 e. The molecule has 0 saturated carbocycles. The summed E-state index contributed by atoms with van der Waals surface area (Å²) in [6, 6.07) is 12.5. The molecule has 3 nitrogen and oxygen atoms in total. The Labute approximate surface area is 130 Å². The van der Waals surface area contributed by atoms with Crippen molar-refractivity contribution in [3.8, 4) is 5.75 Å². The number of carbonyl (C=O) groups excluding carboxylic acids is 1. The zero-order valence-electron chi connectivity index (χ0n) is 10.7. The molecule has 0 aliphatic carbocycles. The lowest BCUT2D eigenvalue weighted by Crippen LogP contribution is -2.03. The Morgan fingerprint density at radius 2 is 2.05 bits per heavy atom. The first-order valence-corrected chi connectivity index (χ1v) is 7.02. The van der Waals surface area contributed by atoms with Gasteiger partial charge in [-0.25, -0.2) is 4.79 Å². The summed E-state index contributed by atoms with van der Waals surface area (Å²) in [5.74, 6) is 0.229. The molecule has 2 rings (SSSR count). The van der Waals surface area contributed by atoms with Crippen LogP contribution in [0.2, 0.25) is 5.02 Å². The van der Waals surface area contributed by atoms with Crippen molar-refractivity contribution in [3.05, 3.63) is 63.1 Å². The van der Waals surface area contributed by atoms with Crippen LogP contribution in [0.25, 0.3) is 0 Å². The first kappa shape index (κ1) is 14.9. The quantitative estimate of drug-likeness (QED) is 0.759.